The quantitative estimate of drug-likeness (QED) is 0.337. The Labute approximate surface area is 190 Å². The van der Waals surface area contributed by atoms with Crippen LogP contribution in [-0.2, 0) is 0 Å². The van der Waals surface area contributed by atoms with Crippen LogP contribution < -0.4 is 10.6 Å². The second-order valence-corrected chi connectivity index (χ2v) is 7.76. The molecular weight excluding hydrogens is 419 g/mol. The van der Waals surface area contributed by atoms with Gasteiger partial charge >= 0.3 is 6.01 Å². The van der Waals surface area contributed by atoms with Crippen LogP contribution in [0.1, 0.15) is 18.1 Å². The Morgan fingerprint density at radius 3 is 2.45 bits per heavy atom. The van der Waals surface area contributed by atoms with E-state index in [1.165, 1.54) is 12.3 Å². The Morgan fingerprint density at radius 2 is 1.70 bits per heavy atom. The van der Waals surface area contributed by atoms with E-state index in [1.807, 2.05) is 63.2 Å². The van der Waals surface area contributed by atoms with Gasteiger partial charge in [0.05, 0.1) is 0 Å². The Kier molecular flexibility index (Phi) is 5.26. The molecule has 8 heteroatoms. The molecule has 0 fully saturated rings. The van der Waals surface area contributed by atoms with Crippen molar-refractivity contribution >= 4 is 23.2 Å². The van der Waals surface area contributed by atoms with Crippen molar-refractivity contribution in [2.24, 2.45) is 0 Å². The molecule has 0 aliphatic rings. The summed E-state index contributed by atoms with van der Waals surface area (Å²) in [4.78, 5) is 4.84. The molecule has 0 unspecified atom stereocenters. The zero-order chi connectivity index (χ0) is 22.9. The van der Waals surface area contributed by atoms with Crippen molar-refractivity contribution < 1.29 is 8.81 Å². The number of imidazole rings is 1. The molecule has 3 heterocycles. The minimum Gasteiger partial charge on any atom is -0.403 e. The van der Waals surface area contributed by atoms with Crippen LogP contribution >= 0.6 is 0 Å². The number of fused-ring (bicyclic) bond motifs is 1. The second-order valence-electron chi connectivity index (χ2n) is 7.76. The van der Waals surface area contributed by atoms with Crippen molar-refractivity contribution in [3.05, 3.63) is 77.7 Å². The van der Waals surface area contributed by atoms with Gasteiger partial charge in [-0.25, -0.2) is 9.37 Å². The van der Waals surface area contributed by atoms with Gasteiger partial charge in [-0.15, -0.1) is 5.10 Å². The van der Waals surface area contributed by atoms with E-state index in [2.05, 4.69) is 20.8 Å². The van der Waals surface area contributed by atoms with Crippen LogP contribution in [0.15, 0.2) is 65.2 Å². The van der Waals surface area contributed by atoms with Crippen LogP contribution in [0.25, 0.3) is 28.4 Å². The standard InChI is InChI=1S/C25H23FN6O/c1-4-27-25-31-30-24(33-25)19-11-6-5-10-18(19)22-23(29-21-15(2)8-7-9-16(21)3)32-14-17(26)12-13-20(32)28-22/h5-14,29H,4H2,1-3H3,(H,27,31). The summed E-state index contributed by atoms with van der Waals surface area (Å²) in [5.41, 5.74) is 5.91. The van der Waals surface area contributed by atoms with Crippen LogP contribution in [0.4, 0.5) is 21.9 Å². The average Bonchev–Trinajstić information content (AvgIpc) is 3.41. The zero-order valence-electron chi connectivity index (χ0n) is 18.6. The fourth-order valence-electron chi connectivity index (χ4n) is 3.89. The van der Waals surface area contributed by atoms with Crippen molar-refractivity contribution in [3.8, 4) is 22.7 Å². The number of aryl methyl sites for hydroxylation is 2. The highest BCUT2D eigenvalue weighted by atomic mass is 19.1. The van der Waals surface area contributed by atoms with Gasteiger partial charge in [-0.3, -0.25) is 4.40 Å². The van der Waals surface area contributed by atoms with Gasteiger partial charge in [0.25, 0.3) is 0 Å². The van der Waals surface area contributed by atoms with E-state index < -0.39 is 0 Å². The molecule has 5 rings (SSSR count). The predicted molar refractivity (Wildman–Crippen MR) is 127 cm³/mol. The largest absolute Gasteiger partial charge is 0.403 e. The molecule has 0 atom stereocenters. The molecule has 2 aromatic carbocycles. The lowest BCUT2D eigenvalue weighted by molar-refractivity contribution is 0.582. The van der Waals surface area contributed by atoms with Gasteiger partial charge in [0, 0.05) is 29.6 Å². The van der Waals surface area contributed by atoms with Gasteiger partial charge in [-0.2, -0.15) is 0 Å². The molecule has 166 valence electrons. The van der Waals surface area contributed by atoms with Crippen LogP contribution in [0.3, 0.4) is 0 Å². The average molecular weight is 442 g/mol. The Balaban J connectivity index is 1.72. The third-order valence-corrected chi connectivity index (χ3v) is 5.47. The first kappa shape index (κ1) is 20.7. The highest BCUT2D eigenvalue weighted by Crippen LogP contribution is 2.38. The Morgan fingerprint density at radius 1 is 0.939 bits per heavy atom. The number of anilines is 3. The van der Waals surface area contributed by atoms with Crippen molar-refractivity contribution in [2.75, 3.05) is 17.2 Å². The topological polar surface area (TPSA) is 80.3 Å². The summed E-state index contributed by atoms with van der Waals surface area (Å²) < 4.78 is 21.8. The number of benzene rings is 2. The summed E-state index contributed by atoms with van der Waals surface area (Å²) in [6.07, 6.45) is 1.43. The summed E-state index contributed by atoms with van der Waals surface area (Å²) in [5, 5.41) is 14.8. The summed E-state index contributed by atoms with van der Waals surface area (Å²) >= 11 is 0. The zero-order valence-corrected chi connectivity index (χ0v) is 18.6. The normalized spacial score (nSPS) is 11.2. The van der Waals surface area contributed by atoms with E-state index in [4.69, 9.17) is 9.40 Å². The number of para-hydroxylation sites is 1. The molecule has 7 nitrogen and oxygen atoms in total. The maximum atomic E-state index is 14.2. The monoisotopic (exact) mass is 442 g/mol. The predicted octanol–water partition coefficient (Wildman–Crippen LogP) is 5.98. The Hall–Kier alpha value is -4.20. The van der Waals surface area contributed by atoms with Gasteiger partial charge in [0.1, 0.15) is 23.0 Å². The summed E-state index contributed by atoms with van der Waals surface area (Å²) in [6.45, 7) is 6.70. The molecule has 2 N–H and O–H groups in total. The van der Waals surface area contributed by atoms with Crippen molar-refractivity contribution in [1.82, 2.24) is 19.6 Å². The van der Waals surface area contributed by atoms with E-state index in [9.17, 15) is 4.39 Å². The van der Waals surface area contributed by atoms with Crippen molar-refractivity contribution in [2.45, 2.75) is 20.8 Å². The SMILES string of the molecule is CCNc1nnc(-c2ccccc2-c2nc3ccc(F)cn3c2Nc2c(C)cccc2C)o1. The van der Waals surface area contributed by atoms with Gasteiger partial charge in [-0.1, -0.05) is 41.5 Å². The van der Waals surface area contributed by atoms with Crippen LogP contribution in [0, 0.1) is 19.7 Å². The number of halogens is 1. The van der Waals surface area contributed by atoms with E-state index in [0.717, 1.165) is 27.9 Å². The number of nitrogens with zero attached hydrogens (tertiary/aromatic N) is 4. The maximum absolute atomic E-state index is 14.2. The number of aromatic nitrogens is 4. The molecule has 0 saturated heterocycles. The van der Waals surface area contributed by atoms with Gasteiger partial charge in [0.15, 0.2) is 0 Å². The highest BCUT2D eigenvalue weighted by Gasteiger charge is 2.21. The molecule has 5 aromatic rings. The van der Waals surface area contributed by atoms with Gasteiger partial charge < -0.3 is 15.1 Å². The van der Waals surface area contributed by atoms with Crippen molar-refractivity contribution in [3.63, 3.8) is 0 Å². The smallest absolute Gasteiger partial charge is 0.315 e. The number of pyridine rings is 1. The fraction of sp³-hybridized carbons (Fsp3) is 0.160. The molecular formula is C25H23FN6O. The lowest BCUT2D eigenvalue weighted by Gasteiger charge is -2.14. The third kappa shape index (κ3) is 3.80. The molecule has 0 saturated carbocycles. The molecule has 0 aliphatic heterocycles. The molecule has 0 bridgehead atoms. The van der Waals surface area contributed by atoms with E-state index >= 15 is 0 Å². The summed E-state index contributed by atoms with van der Waals surface area (Å²) in [5.74, 6) is 0.681. The third-order valence-electron chi connectivity index (χ3n) is 5.47. The van der Waals surface area contributed by atoms with Crippen LogP contribution in [-0.4, -0.2) is 26.1 Å². The Bertz CT molecular complexity index is 1430. The lowest BCUT2D eigenvalue weighted by Crippen LogP contribution is -2.01. The minimum atomic E-state index is -0.350. The van der Waals surface area contributed by atoms with E-state index in [1.54, 1.807) is 10.5 Å². The molecule has 3 aromatic heterocycles. The van der Waals surface area contributed by atoms with Crippen molar-refractivity contribution in [1.29, 1.82) is 0 Å². The number of hydrogen-bond donors (Lipinski definition) is 2. The second kappa shape index (κ2) is 8.38. The van der Waals surface area contributed by atoms with Crippen LogP contribution in [0.2, 0.25) is 0 Å². The summed E-state index contributed by atoms with van der Waals surface area (Å²) in [6, 6.07) is 17.2. The molecule has 33 heavy (non-hydrogen) atoms. The molecule has 0 aliphatic carbocycles. The number of hydrogen-bond acceptors (Lipinski definition) is 6. The number of rotatable bonds is 6. The molecule has 0 amide bonds. The first-order chi connectivity index (χ1) is 16.0. The van der Waals surface area contributed by atoms with Gasteiger partial charge in [-0.05, 0) is 50.1 Å². The molecule has 0 spiro atoms. The van der Waals surface area contributed by atoms with Crippen LogP contribution in [0.5, 0.6) is 0 Å². The number of nitrogens with one attached hydrogen (secondary N) is 2. The van der Waals surface area contributed by atoms with E-state index in [-0.39, 0.29) is 5.82 Å². The summed E-state index contributed by atoms with van der Waals surface area (Å²) in [7, 11) is 0. The highest BCUT2D eigenvalue weighted by molar-refractivity contribution is 5.88. The maximum Gasteiger partial charge on any atom is 0.315 e. The van der Waals surface area contributed by atoms with Gasteiger partial charge in [0.2, 0.25) is 5.89 Å². The minimum absolute atomic E-state index is 0.350. The van der Waals surface area contributed by atoms with E-state index in [0.29, 0.717) is 35.6 Å². The molecule has 0 radical (unpaired) electrons. The first-order valence-corrected chi connectivity index (χ1v) is 10.7. The fourth-order valence-corrected chi connectivity index (χ4v) is 3.89. The lowest BCUT2D eigenvalue weighted by atomic mass is 10.0. The first-order valence-electron chi connectivity index (χ1n) is 10.7.